The largest absolute Gasteiger partial charge is 0.416 e. The summed E-state index contributed by atoms with van der Waals surface area (Å²) in [4.78, 5) is 0. The predicted octanol–water partition coefficient (Wildman–Crippen LogP) is 2.51. The van der Waals surface area contributed by atoms with Gasteiger partial charge in [0.05, 0.1) is 12.2 Å². The number of halogens is 3. The fourth-order valence-corrected chi connectivity index (χ4v) is 1.92. The van der Waals surface area contributed by atoms with E-state index in [1.807, 2.05) is 12.1 Å². The van der Waals surface area contributed by atoms with Gasteiger partial charge in [0.2, 0.25) is 0 Å². The first-order valence-corrected chi connectivity index (χ1v) is 5.62. The van der Waals surface area contributed by atoms with Crippen LogP contribution in [-0.2, 0) is 10.9 Å². The van der Waals surface area contributed by atoms with E-state index in [2.05, 4.69) is 0 Å². The number of rotatable bonds is 1. The predicted molar refractivity (Wildman–Crippen MR) is 60.5 cm³/mol. The van der Waals surface area contributed by atoms with Crippen molar-refractivity contribution in [1.29, 1.82) is 0 Å². The summed E-state index contributed by atoms with van der Waals surface area (Å²) in [7, 11) is 3.67. The van der Waals surface area contributed by atoms with Crippen LogP contribution in [0.5, 0.6) is 0 Å². The van der Waals surface area contributed by atoms with Crippen LogP contribution < -0.4 is 0 Å². The summed E-state index contributed by atoms with van der Waals surface area (Å²) in [6.45, 7) is 1.23. The smallest absolute Gasteiger partial charge is 0.356 e. The van der Waals surface area contributed by atoms with Crippen molar-refractivity contribution >= 4 is 0 Å². The number of alkyl halides is 3. The molecule has 1 aromatic carbocycles. The molecule has 2 rings (SSSR count). The highest BCUT2D eigenvalue weighted by Crippen LogP contribution is 2.32. The molecule has 1 heterocycles. The van der Waals surface area contributed by atoms with Crippen molar-refractivity contribution in [2.24, 2.45) is 0 Å². The summed E-state index contributed by atoms with van der Waals surface area (Å²) in [5, 5.41) is 3.72. The molecule has 1 aromatic rings. The van der Waals surface area contributed by atoms with Crippen LogP contribution in [0, 0.1) is 0 Å². The second-order valence-electron chi connectivity index (χ2n) is 4.30. The standard InChI is InChI=1S/C12H15F3N2O/c1-16-6-7-18-11(17(16)2)9-4-3-5-10(8-9)12(13,14)15/h3-5,8,11H,6-7H2,1-2H3. The molecule has 0 radical (unpaired) electrons. The van der Waals surface area contributed by atoms with Crippen LogP contribution in [0.2, 0.25) is 0 Å². The number of hydrogen-bond donors (Lipinski definition) is 0. The zero-order valence-corrected chi connectivity index (χ0v) is 10.2. The lowest BCUT2D eigenvalue weighted by atomic mass is 10.1. The fourth-order valence-electron chi connectivity index (χ4n) is 1.92. The molecule has 0 saturated carbocycles. The molecule has 1 unspecified atom stereocenters. The highest BCUT2D eigenvalue weighted by atomic mass is 19.4. The van der Waals surface area contributed by atoms with Crippen molar-refractivity contribution in [3.8, 4) is 0 Å². The molecule has 1 aliphatic rings. The Balaban J connectivity index is 2.28. The van der Waals surface area contributed by atoms with E-state index in [1.165, 1.54) is 6.07 Å². The van der Waals surface area contributed by atoms with Gasteiger partial charge in [-0.3, -0.25) is 0 Å². The highest BCUT2D eigenvalue weighted by molar-refractivity contribution is 5.27. The lowest BCUT2D eigenvalue weighted by Crippen LogP contribution is -2.46. The Morgan fingerprint density at radius 1 is 1.28 bits per heavy atom. The fraction of sp³-hybridized carbons (Fsp3) is 0.500. The van der Waals surface area contributed by atoms with Gasteiger partial charge in [-0.1, -0.05) is 12.1 Å². The molecule has 0 aromatic heterocycles. The molecule has 0 N–H and O–H groups in total. The second kappa shape index (κ2) is 4.87. The van der Waals surface area contributed by atoms with E-state index >= 15 is 0 Å². The van der Waals surface area contributed by atoms with Gasteiger partial charge in [-0.2, -0.15) is 13.2 Å². The number of ether oxygens (including phenoxy) is 1. The number of nitrogens with zero attached hydrogens (tertiary/aromatic N) is 2. The zero-order chi connectivity index (χ0) is 13.3. The van der Waals surface area contributed by atoms with E-state index in [0.717, 1.165) is 18.7 Å². The molecule has 0 amide bonds. The van der Waals surface area contributed by atoms with Gasteiger partial charge < -0.3 is 4.74 Å². The Labute approximate surface area is 104 Å². The van der Waals surface area contributed by atoms with Gasteiger partial charge in [0.25, 0.3) is 0 Å². The SMILES string of the molecule is CN1CCOC(c2cccc(C(F)(F)F)c2)N1C. The molecule has 1 fully saturated rings. The number of benzene rings is 1. The topological polar surface area (TPSA) is 15.7 Å². The normalized spacial score (nSPS) is 23.3. The van der Waals surface area contributed by atoms with Gasteiger partial charge >= 0.3 is 6.18 Å². The summed E-state index contributed by atoms with van der Waals surface area (Å²) >= 11 is 0. The molecule has 0 spiro atoms. The van der Waals surface area contributed by atoms with Crippen LogP contribution in [0.15, 0.2) is 24.3 Å². The quantitative estimate of drug-likeness (QED) is 0.771. The Morgan fingerprint density at radius 3 is 2.67 bits per heavy atom. The minimum absolute atomic E-state index is 0.467. The molecule has 6 heteroatoms. The molecule has 3 nitrogen and oxygen atoms in total. The average Bonchev–Trinajstić information content (AvgIpc) is 2.32. The molecule has 18 heavy (non-hydrogen) atoms. The Bertz CT molecular complexity index is 422. The van der Waals surface area contributed by atoms with Crippen molar-refractivity contribution in [2.45, 2.75) is 12.4 Å². The van der Waals surface area contributed by atoms with Gasteiger partial charge in [-0.05, 0) is 17.7 Å². The third kappa shape index (κ3) is 2.66. The van der Waals surface area contributed by atoms with Crippen molar-refractivity contribution in [1.82, 2.24) is 10.0 Å². The van der Waals surface area contributed by atoms with Crippen LogP contribution in [0.1, 0.15) is 17.4 Å². The van der Waals surface area contributed by atoms with Crippen LogP contribution in [0.25, 0.3) is 0 Å². The van der Waals surface area contributed by atoms with E-state index in [1.54, 1.807) is 18.1 Å². The van der Waals surface area contributed by atoms with Crippen molar-refractivity contribution < 1.29 is 17.9 Å². The van der Waals surface area contributed by atoms with E-state index in [-0.39, 0.29) is 0 Å². The van der Waals surface area contributed by atoms with Gasteiger partial charge in [-0.25, -0.2) is 10.0 Å². The molecular weight excluding hydrogens is 245 g/mol. The first-order chi connectivity index (χ1) is 8.39. The molecule has 1 aliphatic heterocycles. The molecular formula is C12H15F3N2O. The maximum atomic E-state index is 12.6. The van der Waals surface area contributed by atoms with E-state index < -0.39 is 18.0 Å². The van der Waals surface area contributed by atoms with Crippen LogP contribution in [0.4, 0.5) is 13.2 Å². The lowest BCUT2D eigenvalue weighted by molar-refractivity contribution is -0.194. The zero-order valence-electron chi connectivity index (χ0n) is 10.2. The van der Waals surface area contributed by atoms with Gasteiger partial charge in [-0.15, -0.1) is 0 Å². The summed E-state index contributed by atoms with van der Waals surface area (Å²) in [6.07, 6.45) is -4.79. The molecule has 0 bridgehead atoms. The monoisotopic (exact) mass is 260 g/mol. The third-order valence-corrected chi connectivity index (χ3v) is 3.07. The summed E-state index contributed by atoms with van der Waals surface area (Å²) in [5.41, 5.74) is -0.135. The molecule has 0 aliphatic carbocycles. The molecule has 1 atom stereocenters. The summed E-state index contributed by atoms with van der Waals surface area (Å²) < 4.78 is 43.5. The van der Waals surface area contributed by atoms with Crippen LogP contribution in [-0.4, -0.2) is 37.3 Å². The van der Waals surface area contributed by atoms with Crippen molar-refractivity contribution in [2.75, 3.05) is 27.2 Å². The third-order valence-electron chi connectivity index (χ3n) is 3.07. The van der Waals surface area contributed by atoms with Gasteiger partial charge in [0.1, 0.15) is 6.23 Å². The molecule has 1 saturated heterocycles. The maximum Gasteiger partial charge on any atom is 0.416 e. The van der Waals surface area contributed by atoms with Gasteiger partial charge in [0, 0.05) is 20.6 Å². The van der Waals surface area contributed by atoms with Crippen LogP contribution >= 0.6 is 0 Å². The Kier molecular flexibility index (Phi) is 3.61. The van der Waals surface area contributed by atoms with Gasteiger partial charge in [0.15, 0.2) is 0 Å². The van der Waals surface area contributed by atoms with E-state index in [4.69, 9.17) is 4.74 Å². The Morgan fingerprint density at radius 2 is 2.00 bits per heavy atom. The maximum absolute atomic E-state index is 12.6. The minimum Gasteiger partial charge on any atom is -0.356 e. The van der Waals surface area contributed by atoms with Crippen molar-refractivity contribution in [3.63, 3.8) is 0 Å². The summed E-state index contributed by atoms with van der Waals surface area (Å²) in [5.74, 6) is 0. The minimum atomic E-state index is -4.32. The highest BCUT2D eigenvalue weighted by Gasteiger charge is 2.32. The first kappa shape index (κ1) is 13.3. The van der Waals surface area contributed by atoms with Crippen molar-refractivity contribution in [3.05, 3.63) is 35.4 Å². The van der Waals surface area contributed by atoms with E-state index in [9.17, 15) is 13.2 Å². The average molecular weight is 260 g/mol. The lowest BCUT2D eigenvalue weighted by Gasteiger charge is -2.39. The Hall–Kier alpha value is -1.11. The number of hydrogen-bond acceptors (Lipinski definition) is 3. The number of hydrazine groups is 1. The first-order valence-electron chi connectivity index (χ1n) is 5.62. The number of likely N-dealkylation sites (N-methyl/N-ethyl adjacent to an activating group) is 1. The van der Waals surface area contributed by atoms with Crippen LogP contribution in [0.3, 0.4) is 0 Å². The second-order valence-corrected chi connectivity index (χ2v) is 4.30. The molecule has 100 valence electrons. The summed E-state index contributed by atoms with van der Waals surface area (Å²) in [6, 6.07) is 5.26. The van der Waals surface area contributed by atoms with E-state index in [0.29, 0.717) is 12.2 Å².